The lowest BCUT2D eigenvalue weighted by molar-refractivity contribution is -0.113. The number of hydrogen-bond acceptors (Lipinski definition) is 7. The second-order valence-corrected chi connectivity index (χ2v) is 10.1. The Morgan fingerprint density at radius 3 is 2.55 bits per heavy atom. The fourth-order valence-electron chi connectivity index (χ4n) is 4.64. The van der Waals surface area contributed by atoms with Crippen molar-refractivity contribution in [3.8, 4) is 11.5 Å². The summed E-state index contributed by atoms with van der Waals surface area (Å²) in [4.78, 5) is 32.7. The van der Waals surface area contributed by atoms with Crippen LogP contribution in [0.4, 0.5) is 5.69 Å². The van der Waals surface area contributed by atoms with E-state index in [0.717, 1.165) is 17.0 Å². The Labute approximate surface area is 222 Å². The van der Waals surface area contributed by atoms with E-state index in [-0.39, 0.29) is 23.0 Å². The van der Waals surface area contributed by atoms with Crippen molar-refractivity contribution in [2.75, 3.05) is 12.4 Å². The number of methoxy groups -OCH3 is 1. The number of para-hydroxylation sites is 1. The van der Waals surface area contributed by atoms with E-state index in [1.807, 2.05) is 45.2 Å². The first-order valence-electron chi connectivity index (χ1n) is 12.0. The Balaban J connectivity index is 1.73. The third-order valence-corrected chi connectivity index (χ3v) is 7.64. The number of nitrogens with one attached hydrogen (secondary N) is 1. The van der Waals surface area contributed by atoms with Crippen LogP contribution in [0, 0.1) is 13.8 Å². The molecule has 1 amide bonds. The largest absolute Gasteiger partial charge is 0.504 e. The fourth-order valence-corrected chi connectivity index (χ4v) is 5.67. The van der Waals surface area contributed by atoms with Crippen molar-refractivity contribution in [1.29, 1.82) is 0 Å². The third kappa shape index (κ3) is 4.32. The molecule has 0 fully saturated rings. The molecule has 0 bridgehead atoms. The second kappa shape index (κ2) is 9.79. The molecule has 0 saturated heterocycles. The molecule has 2 aromatic heterocycles. The number of carbonyl (C=O) groups is 1. The zero-order valence-corrected chi connectivity index (χ0v) is 22.5. The van der Waals surface area contributed by atoms with E-state index in [9.17, 15) is 14.7 Å². The summed E-state index contributed by atoms with van der Waals surface area (Å²) in [5.74, 6) is -0.173. The van der Waals surface area contributed by atoms with E-state index in [1.54, 1.807) is 35.9 Å². The van der Waals surface area contributed by atoms with E-state index in [1.165, 1.54) is 29.1 Å². The lowest BCUT2D eigenvalue weighted by Gasteiger charge is -2.25. The smallest absolute Gasteiger partial charge is 0.271 e. The lowest BCUT2D eigenvalue weighted by Crippen LogP contribution is -2.40. The highest BCUT2D eigenvalue weighted by atomic mass is 32.1. The van der Waals surface area contributed by atoms with E-state index in [0.29, 0.717) is 31.9 Å². The number of rotatable bonds is 5. The molecule has 0 aliphatic carbocycles. The zero-order valence-electron chi connectivity index (χ0n) is 21.6. The van der Waals surface area contributed by atoms with E-state index in [4.69, 9.17) is 4.74 Å². The number of carbonyl (C=O) groups excluding carboxylic acids is 1. The van der Waals surface area contributed by atoms with Gasteiger partial charge in [0.2, 0.25) is 0 Å². The number of thiazole rings is 1. The van der Waals surface area contributed by atoms with Crippen molar-refractivity contribution < 1.29 is 14.6 Å². The predicted molar refractivity (Wildman–Crippen MR) is 146 cm³/mol. The van der Waals surface area contributed by atoms with Crippen LogP contribution >= 0.6 is 11.3 Å². The molecule has 0 unspecified atom stereocenters. The summed E-state index contributed by atoms with van der Waals surface area (Å²) in [5, 5.41) is 17.6. The first-order chi connectivity index (χ1) is 18.2. The van der Waals surface area contributed by atoms with Crippen LogP contribution in [-0.4, -0.2) is 32.5 Å². The van der Waals surface area contributed by atoms with Gasteiger partial charge in [-0.15, -0.1) is 0 Å². The SMILES string of the molecule is COc1cc([C@H]2C(C(=O)Nc3ccccc3)=C(C)N=c3s/c(=C\c4c(C)nn(C)c4C)c(=O)n32)ccc1O. The molecule has 194 valence electrons. The minimum atomic E-state index is -0.789. The van der Waals surface area contributed by atoms with Crippen LogP contribution in [0.15, 0.2) is 69.6 Å². The summed E-state index contributed by atoms with van der Waals surface area (Å²) >= 11 is 1.26. The number of aromatic nitrogens is 3. The minimum absolute atomic E-state index is 0.0397. The number of allylic oxidation sites excluding steroid dienone is 1. The summed E-state index contributed by atoms with van der Waals surface area (Å²) in [7, 11) is 3.31. The van der Waals surface area contributed by atoms with Crippen molar-refractivity contribution in [2.45, 2.75) is 26.8 Å². The van der Waals surface area contributed by atoms with Crippen LogP contribution < -0.4 is 24.9 Å². The van der Waals surface area contributed by atoms with Crippen LogP contribution in [0.2, 0.25) is 0 Å². The van der Waals surface area contributed by atoms with Crippen molar-refractivity contribution in [1.82, 2.24) is 14.3 Å². The number of aromatic hydroxyl groups is 1. The van der Waals surface area contributed by atoms with Crippen molar-refractivity contribution >= 4 is 29.0 Å². The van der Waals surface area contributed by atoms with Gasteiger partial charge in [0.25, 0.3) is 11.5 Å². The van der Waals surface area contributed by atoms with Gasteiger partial charge in [0, 0.05) is 24.0 Å². The molecule has 0 saturated carbocycles. The van der Waals surface area contributed by atoms with Gasteiger partial charge < -0.3 is 15.2 Å². The minimum Gasteiger partial charge on any atom is -0.504 e. The Hall–Kier alpha value is -4.44. The Bertz CT molecular complexity index is 1780. The molecular weight excluding hydrogens is 502 g/mol. The third-order valence-electron chi connectivity index (χ3n) is 6.66. The number of phenolic OH excluding ortho intramolecular Hbond substituents is 1. The number of benzene rings is 2. The zero-order chi connectivity index (χ0) is 27.1. The topological polar surface area (TPSA) is 111 Å². The first kappa shape index (κ1) is 25.2. The molecule has 1 atom stereocenters. The second-order valence-electron chi connectivity index (χ2n) is 9.04. The molecular formula is C28H27N5O4S. The molecule has 9 nitrogen and oxygen atoms in total. The first-order valence-corrected chi connectivity index (χ1v) is 12.8. The number of hydrogen-bond donors (Lipinski definition) is 2. The molecule has 1 aliphatic rings. The van der Waals surface area contributed by atoms with Gasteiger partial charge in [0.15, 0.2) is 16.3 Å². The Kier molecular flexibility index (Phi) is 6.50. The van der Waals surface area contributed by atoms with Gasteiger partial charge in [-0.25, -0.2) is 4.99 Å². The standard InChI is InChI=1S/C28H27N5O4S/c1-15-20(17(3)32(4)31-15)14-23-27(36)33-25(18-11-12-21(34)22(13-18)37-5)24(16(2)29-28(33)38-23)26(35)30-19-9-7-6-8-10-19/h6-14,25,34H,1-5H3,(H,30,35)/b23-14-/t25-/m0/s1. The summed E-state index contributed by atoms with van der Waals surface area (Å²) in [6.45, 7) is 5.61. The molecule has 3 heterocycles. The summed E-state index contributed by atoms with van der Waals surface area (Å²) in [6.07, 6.45) is 1.83. The van der Waals surface area contributed by atoms with Crippen LogP contribution in [0.25, 0.3) is 6.08 Å². The van der Waals surface area contributed by atoms with Gasteiger partial charge >= 0.3 is 0 Å². The summed E-state index contributed by atoms with van der Waals surface area (Å²) in [5.41, 5.74) is 4.41. The molecule has 0 radical (unpaired) electrons. The highest BCUT2D eigenvalue weighted by Crippen LogP contribution is 2.35. The Morgan fingerprint density at radius 1 is 1.16 bits per heavy atom. The molecule has 1 aliphatic heterocycles. The van der Waals surface area contributed by atoms with E-state index < -0.39 is 6.04 Å². The molecule has 5 rings (SSSR count). The number of amides is 1. The highest BCUT2D eigenvalue weighted by Gasteiger charge is 2.33. The van der Waals surface area contributed by atoms with Crippen molar-refractivity contribution in [2.24, 2.45) is 12.0 Å². The van der Waals surface area contributed by atoms with Crippen LogP contribution in [0.3, 0.4) is 0 Å². The highest BCUT2D eigenvalue weighted by molar-refractivity contribution is 7.07. The monoisotopic (exact) mass is 529 g/mol. The molecule has 4 aromatic rings. The summed E-state index contributed by atoms with van der Waals surface area (Å²) < 4.78 is 9.13. The van der Waals surface area contributed by atoms with Gasteiger partial charge in [0.05, 0.1) is 34.6 Å². The van der Waals surface area contributed by atoms with Crippen molar-refractivity contribution in [3.63, 3.8) is 0 Å². The van der Waals surface area contributed by atoms with Crippen molar-refractivity contribution in [3.05, 3.63) is 102 Å². The van der Waals surface area contributed by atoms with Gasteiger partial charge in [-0.05, 0) is 56.7 Å². The maximum atomic E-state index is 13.9. The van der Waals surface area contributed by atoms with E-state index in [2.05, 4.69) is 15.4 Å². The number of ether oxygens (including phenoxy) is 1. The number of nitrogens with zero attached hydrogens (tertiary/aromatic N) is 4. The quantitative estimate of drug-likeness (QED) is 0.413. The summed E-state index contributed by atoms with van der Waals surface area (Å²) in [6, 6.07) is 13.1. The predicted octanol–water partition coefficient (Wildman–Crippen LogP) is 2.94. The van der Waals surface area contributed by atoms with Gasteiger partial charge in [-0.1, -0.05) is 35.6 Å². The molecule has 2 aromatic carbocycles. The van der Waals surface area contributed by atoms with Gasteiger partial charge in [-0.3, -0.25) is 18.8 Å². The van der Waals surface area contributed by atoms with Crippen LogP contribution in [-0.2, 0) is 11.8 Å². The maximum absolute atomic E-state index is 13.9. The maximum Gasteiger partial charge on any atom is 0.271 e. The number of anilines is 1. The van der Waals surface area contributed by atoms with Gasteiger partial charge in [0.1, 0.15) is 0 Å². The van der Waals surface area contributed by atoms with Gasteiger partial charge in [-0.2, -0.15) is 5.10 Å². The molecule has 10 heteroatoms. The van der Waals surface area contributed by atoms with Crippen LogP contribution in [0.1, 0.15) is 35.5 Å². The average molecular weight is 530 g/mol. The molecule has 38 heavy (non-hydrogen) atoms. The molecule has 2 N–H and O–H groups in total. The lowest BCUT2D eigenvalue weighted by atomic mass is 9.94. The number of fused-ring (bicyclic) bond motifs is 1. The van der Waals surface area contributed by atoms with E-state index >= 15 is 0 Å². The number of aryl methyl sites for hydroxylation is 2. The fraction of sp³-hybridized carbons (Fsp3) is 0.214. The van der Waals surface area contributed by atoms with Crippen LogP contribution in [0.5, 0.6) is 11.5 Å². The molecule has 0 spiro atoms. The number of phenols is 1. The average Bonchev–Trinajstić information content (AvgIpc) is 3.33. The Morgan fingerprint density at radius 2 is 1.89 bits per heavy atom. The normalized spacial score (nSPS) is 15.3.